The van der Waals surface area contributed by atoms with Crippen LogP contribution in [0.1, 0.15) is 28.7 Å². The fourth-order valence-electron chi connectivity index (χ4n) is 2.17. The molecule has 5 heteroatoms. The van der Waals surface area contributed by atoms with Gasteiger partial charge in [0.15, 0.2) is 0 Å². The molecule has 0 fully saturated rings. The summed E-state index contributed by atoms with van der Waals surface area (Å²) < 4.78 is 18.7. The van der Waals surface area contributed by atoms with Crippen LogP contribution < -0.4 is 11.3 Å². The monoisotopic (exact) mass is 282 g/mol. The number of nitrogens with one attached hydrogen (secondary N) is 1. The van der Waals surface area contributed by atoms with Crippen LogP contribution in [0.25, 0.3) is 0 Å². The van der Waals surface area contributed by atoms with E-state index in [1.807, 2.05) is 19.9 Å². The molecular formula is C14H16ClFN2O. The van der Waals surface area contributed by atoms with Crippen molar-refractivity contribution in [3.63, 3.8) is 0 Å². The summed E-state index contributed by atoms with van der Waals surface area (Å²) in [5, 5.41) is 0.527. The normalized spacial score (nSPS) is 12.7. The molecule has 1 aromatic carbocycles. The Labute approximate surface area is 116 Å². The molecule has 2 rings (SSSR count). The number of hydrogen-bond acceptors (Lipinski definition) is 3. The first-order valence-electron chi connectivity index (χ1n) is 5.98. The highest BCUT2D eigenvalue weighted by molar-refractivity contribution is 6.31. The van der Waals surface area contributed by atoms with Gasteiger partial charge in [-0.1, -0.05) is 11.6 Å². The molecule has 3 nitrogen and oxygen atoms in total. The van der Waals surface area contributed by atoms with Crippen LogP contribution in [0.15, 0.2) is 28.7 Å². The maximum atomic E-state index is 13.3. The lowest BCUT2D eigenvalue weighted by Gasteiger charge is -2.16. The first-order valence-corrected chi connectivity index (χ1v) is 6.36. The Morgan fingerprint density at radius 3 is 2.68 bits per heavy atom. The first-order chi connectivity index (χ1) is 9.01. The molecular weight excluding hydrogens is 267 g/mol. The summed E-state index contributed by atoms with van der Waals surface area (Å²) in [6.45, 7) is 3.75. The Hall–Kier alpha value is -1.36. The molecule has 1 unspecified atom stereocenters. The quantitative estimate of drug-likeness (QED) is 0.667. The Morgan fingerprint density at radius 2 is 2.11 bits per heavy atom. The molecule has 0 amide bonds. The van der Waals surface area contributed by atoms with Crippen molar-refractivity contribution in [3.8, 4) is 0 Å². The minimum atomic E-state index is -0.310. The second-order valence-electron chi connectivity index (χ2n) is 4.53. The van der Waals surface area contributed by atoms with E-state index in [2.05, 4.69) is 5.43 Å². The van der Waals surface area contributed by atoms with Crippen molar-refractivity contribution in [1.82, 2.24) is 5.43 Å². The van der Waals surface area contributed by atoms with Crippen LogP contribution in [0, 0.1) is 19.7 Å². The third-order valence-electron chi connectivity index (χ3n) is 3.09. The number of furan rings is 1. The predicted molar refractivity (Wildman–Crippen MR) is 73.4 cm³/mol. The van der Waals surface area contributed by atoms with E-state index in [1.165, 1.54) is 12.1 Å². The highest BCUT2D eigenvalue weighted by Crippen LogP contribution is 2.27. The van der Waals surface area contributed by atoms with Crippen molar-refractivity contribution in [1.29, 1.82) is 0 Å². The summed E-state index contributed by atoms with van der Waals surface area (Å²) in [7, 11) is 0. The predicted octanol–water partition coefficient (Wildman–Crippen LogP) is 3.44. The summed E-state index contributed by atoms with van der Waals surface area (Å²) >= 11 is 6.07. The highest BCUT2D eigenvalue weighted by Gasteiger charge is 2.18. The molecule has 2 aromatic rings. The van der Waals surface area contributed by atoms with Gasteiger partial charge < -0.3 is 4.42 Å². The van der Waals surface area contributed by atoms with E-state index in [9.17, 15) is 4.39 Å². The van der Waals surface area contributed by atoms with Crippen LogP contribution in [-0.2, 0) is 6.42 Å². The fourth-order valence-corrected chi connectivity index (χ4v) is 2.37. The maximum absolute atomic E-state index is 13.3. The van der Waals surface area contributed by atoms with Crippen LogP contribution in [0.3, 0.4) is 0 Å². The molecule has 0 saturated heterocycles. The zero-order valence-corrected chi connectivity index (χ0v) is 11.6. The average Bonchev–Trinajstić information content (AvgIpc) is 2.69. The number of nitrogens with two attached hydrogens (primary N) is 1. The second kappa shape index (κ2) is 5.74. The minimum absolute atomic E-state index is 0.170. The number of hydrazine groups is 1. The van der Waals surface area contributed by atoms with Gasteiger partial charge in [0, 0.05) is 10.6 Å². The molecule has 0 spiro atoms. The van der Waals surface area contributed by atoms with Crippen LogP contribution in [0.2, 0.25) is 5.02 Å². The number of rotatable bonds is 4. The van der Waals surface area contributed by atoms with Gasteiger partial charge in [-0.15, -0.1) is 0 Å². The molecule has 0 aliphatic carbocycles. The number of aryl methyl sites for hydroxylation is 2. The molecule has 1 aromatic heterocycles. The number of benzene rings is 1. The smallest absolute Gasteiger partial charge is 0.123 e. The molecule has 1 heterocycles. The molecule has 0 radical (unpaired) electrons. The van der Waals surface area contributed by atoms with Crippen molar-refractivity contribution in [2.45, 2.75) is 26.3 Å². The Balaban J connectivity index is 2.29. The van der Waals surface area contributed by atoms with Gasteiger partial charge in [-0.2, -0.15) is 0 Å². The molecule has 0 aliphatic rings. The second-order valence-corrected chi connectivity index (χ2v) is 4.93. The third-order valence-corrected chi connectivity index (χ3v) is 3.46. The summed E-state index contributed by atoms with van der Waals surface area (Å²) in [6.07, 6.45) is 0.493. The lowest BCUT2D eigenvalue weighted by atomic mass is 9.99. The summed E-state index contributed by atoms with van der Waals surface area (Å²) in [6, 6.07) is 6.07. The third kappa shape index (κ3) is 3.15. The van der Waals surface area contributed by atoms with Crippen LogP contribution in [-0.4, -0.2) is 0 Å². The van der Waals surface area contributed by atoms with E-state index in [0.717, 1.165) is 17.1 Å². The van der Waals surface area contributed by atoms with Crippen molar-refractivity contribution >= 4 is 11.6 Å². The van der Waals surface area contributed by atoms with Crippen molar-refractivity contribution in [2.75, 3.05) is 0 Å². The van der Waals surface area contributed by atoms with Crippen molar-refractivity contribution in [3.05, 3.63) is 57.8 Å². The van der Waals surface area contributed by atoms with Gasteiger partial charge in [-0.25, -0.2) is 4.39 Å². The topological polar surface area (TPSA) is 51.2 Å². The van der Waals surface area contributed by atoms with E-state index in [-0.39, 0.29) is 11.9 Å². The van der Waals surface area contributed by atoms with Gasteiger partial charge in [0.1, 0.15) is 17.3 Å². The van der Waals surface area contributed by atoms with E-state index in [4.69, 9.17) is 21.9 Å². The summed E-state index contributed by atoms with van der Waals surface area (Å²) in [5.74, 6) is 6.90. The first kappa shape index (κ1) is 14.1. The number of halogens is 2. The van der Waals surface area contributed by atoms with E-state index in [0.29, 0.717) is 17.0 Å². The average molecular weight is 283 g/mol. The van der Waals surface area contributed by atoms with E-state index < -0.39 is 0 Å². The fraction of sp³-hybridized carbons (Fsp3) is 0.286. The molecule has 0 aliphatic heterocycles. The Kier molecular flexibility index (Phi) is 4.24. The Morgan fingerprint density at radius 1 is 1.37 bits per heavy atom. The highest BCUT2D eigenvalue weighted by atomic mass is 35.5. The largest absolute Gasteiger partial charge is 0.466 e. The number of hydrogen-bond donors (Lipinski definition) is 2. The molecule has 1 atom stereocenters. The SMILES string of the molecule is Cc1cc(C(Cc2cc(F)ccc2Cl)NN)c(C)o1. The van der Waals surface area contributed by atoms with Crippen molar-refractivity contribution in [2.24, 2.45) is 5.84 Å². The Bertz CT molecular complexity index is 583. The summed E-state index contributed by atoms with van der Waals surface area (Å²) in [4.78, 5) is 0. The zero-order chi connectivity index (χ0) is 14.0. The zero-order valence-electron chi connectivity index (χ0n) is 10.8. The molecule has 0 saturated carbocycles. The van der Waals surface area contributed by atoms with E-state index in [1.54, 1.807) is 6.07 Å². The molecule has 102 valence electrons. The lowest BCUT2D eigenvalue weighted by Crippen LogP contribution is -2.29. The minimum Gasteiger partial charge on any atom is -0.466 e. The van der Waals surface area contributed by atoms with E-state index >= 15 is 0 Å². The van der Waals surface area contributed by atoms with Crippen molar-refractivity contribution < 1.29 is 8.81 Å². The van der Waals surface area contributed by atoms with Crippen LogP contribution in [0.5, 0.6) is 0 Å². The lowest BCUT2D eigenvalue weighted by molar-refractivity contribution is 0.484. The van der Waals surface area contributed by atoms with Gasteiger partial charge in [-0.3, -0.25) is 11.3 Å². The van der Waals surface area contributed by atoms with Gasteiger partial charge in [0.05, 0.1) is 6.04 Å². The van der Waals surface area contributed by atoms with Gasteiger partial charge in [-0.05, 0) is 50.1 Å². The van der Waals surface area contributed by atoms with Gasteiger partial charge >= 0.3 is 0 Å². The van der Waals surface area contributed by atoms with Gasteiger partial charge in [0.2, 0.25) is 0 Å². The summed E-state index contributed by atoms with van der Waals surface area (Å²) in [5.41, 5.74) is 4.40. The van der Waals surface area contributed by atoms with Crippen LogP contribution >= 0.6 is 11.6 Å². The van der Waals surface area contributed by atoms with Crippen LogP contribution in [0.4, 0.5) is 4.39 Å². The molecule has 3 N–H and O–H groups in total. The molecule has 19 heavy (non-hydrogen) atoms. The maximum Gasteiger partial charge on any atom is 0.123 e. The standard InChI is InChI=1S/C14H16ClFN2O/c1-8-5-12(9(2)19-8)14(18-17)7-10-6-11(16)3-4-13(10)15/h3-6,14,18H,7,17H2,1-2H3. The molecule has 0 bridgehead atoms. The van der Waals surface area contributed by atoms with Gasteiger partial charge in [0.25, 0.3) is 0 Å².